The minimum absolute atomic E-state index is 0.0110. The highest BCUT2D eigenvalue weighted by Gasteiger charge is 2.13. The third-order valence-electron chi connectivity index (χ3n) is 1.73. The fourth-order valence-corrected chi connectivity index (χ4v) is 2.58. The Kier molecular flexibility index (Phi) is 5.06. The third-order valence-corrected chi connectivity index (χ3v) is 3.88. The fraction of sp³-hybridized carbons (Fsp3) is 0.600. The Morgan fingerprint density at radius 3 is 2.71 bits per heavy atom. The van der Waals surface area contributed by atoms with E-state index in [1.54, 1.807) is 6.26 Å². The van der Waals surface area contributed by atoms with Gasteiger partial charge in [0.05, 0.1) is 16.8 Å². The molecule has 0 radical (unpaired) electrons. The van der Waals surface area contributed by atoms with Crippen molar-refractivity contribution in [2.24, 2.45) is 11.7 Å². The zero-order valence-electron chi connectivity index (χ0n) is 8.50. The summed E-state index contributed by atoms with van der Waals surface area (Å²) < 4.78 is 6.27. The molecule has 0 aliphatic rings. The van der Waals surface area contributed by atoms with Crippen LogP contribution in [0.3, 0.4) is 0 Å². The summed E-state index contributed by atoms with van der Waals surface area (Å²) in [5.74, 6) is 3.62. The highest BCUT2D eigenvalue weighted by molar-refractivity contribution is 9.10. The molecule has 0 aliphatic carbocycles. The number of furan rings is 1. The van der Waals surface area contributed by atoms with Crippen molar-refractivity contribution in [3.8, 4) is 0 Å². The van der Waals surface area contributed by atoms with Crippen LogP contribution in [-0.4, -0.2) is 11.5 Å². The van der Waals surface area contributed by atoms with Gasteiger partial charge in [0.25, 0.3) is 0 Å². The summed E-state index contributed by atoms with van der Waals surface area (Å²) in [5.41, 5.74) is 5.98. The van der Waals surface area contributed by atoms with E-state index in [0.717, 1.165) is 21.7 Å². The van der Waals surface area contributed by atoms with Gasteiger partial charge in [-0.15, -0.1) is 0 Å². The molecule has 0 spiro atoms. The smallest absolute Gasteiger partial charge is 0.135 e. The van der Waals surface area contributed by atoms with Crippen LogP contribution in [0.5, 0.6) is 0 Å². The number of hydrogen-bond donors (Lipinski definition) is 1. The number of nitrogens with two attached hydrogens (primary N) is 1. The van der Waals surface area contributed by atoms with Crippen molar-refractivity contribution in [2.45, 2.75) is 19.9 Å². The Bertz CT molecular complexity index is 275. The summed E-state index contributed by atoms with van der Waals surface area (Å²) in [6, 6.07) is 1.87. The molecule has 1 rings (SSSR count). The van der Waals surface area contributed by atoms with Crippen molar-refractivity contribution >= 4 is 27.7 Å². The second-order valence-corrected chi connectivity index (χ2v) is 5.60. The van der Waals surface area contributed by atoms with Crippen LogP contribution in [0.4, 0.5) is 0 Å². The highest BCUT2D eigenvalue weighted by Crippen LogP contribution is 2.25. The zero-order valence-corrected chi connectivity index (χ0v) is 10.9. The Labute approximate surface area is 97.7 Å². The van der Waals surface area contributed by atoms with Crippen molar-refractivity contribution in [1.82, 2.24) is 0 Å². The van der Waals surface area contributed by atoms with Crippen molar-refractivity contribution in [1.29, 1.82) is 0 Å². The standard InChI is InChI=1S/C10H16BrNOS/c1-7(2)5-14-6-9(12)10-8(11)3-4-13-10/h3-4,7,9H,5-6,12H2,1-2H3. The van der Waals surface area contributed by atoms with E-state index < -0.39 is 0 Å². The quantitative estimate of drug-likeness (QED) is 0.896. The van der Waals surface area contributed by atoms with Crippen LogP contribution in [0.15, 0.2) is 21.2 Å². The van der Waals surface area contributed by atoms with Crippen molar-refractivity contribution in [3.05, 3.63) is 22.6 Å². The van der Waals surface area contributed by atoms with Gasteiger partial charge < -0.3 is 10.2 Å². The molecule has 4 heteroatoms. The third kappa shape index (κ3) is 3.67. The van der Waals surface area contributed by atoms with Gasteiger partial charge in [0.2, 0.25) is 0 Å². The molecule has 80 valence electrons. The minimum Gasteiger partial charge on any atom is -0.466 e. The van der Waals surface area contributed by atoms with Gasteiger partial charge in [-0.05, 0) is 33.7 Å². The van der Waals surface area contributed by atoms with Crippen LogP contribution < -0.4 is 5.73 Å². The molecule has 14 heavy (non-hydrogen) atoms. The van der Waals surface area contributed by atoms with Crippen LogP contribution in [0.2, 0.25) is 0 Å². The van der Waals surface area contributed by atoms with Gasteiger partial charge in [-0.3, -0.25) is 0 Å². The largest absolute Gasteiger partial charge is 0.466 e. The molecular formula is C10H16BrNOS. The Morgan fingerprint density at radius 1 is 1.50 bits per heavy atom. The molecule has 1 atom stereocenters. The summed E-state index contributed by atoms with van der Waals surface area (Å²) in [6.07, 6.45) is 1.66. The predicted molar refractivity (Wildman–Crippen MR) is 65.5 cm³/mol. The van der Waals surface area contributed by atoms with E-state index in [9.17, 15) is 0 Å². The summed E-state index contributed by atoms with van der Waals surface area (Å²) >= 11 is 5.28. The Balaban J connectivity index is 2.36. The topological polar surface area (TPSA) is 39.2 Å². The van der Waals surface area contributed by atoms with Gasteiger partial charge in [-0.25, -0.2) is 0 Å². The first kappa shape index (κ1) is 12.1. The molecule has 0 fully saturated rings. The normalized spacial score (nSPS) is 13.5. The second-order valence-electron chi connectivity index (χ2n) is 3.67. The predicted octanol–water partition coefficient (Wildman–Crippen LogP) is 3.43. The molecule has 0 saturated heterocycles. The minimum atomic E-state index is -0.0110. The summed E-state index contributed by atoms with van der Waals surface area (Å²) in [5, 5.41) is 0. The molecule has 1 unspecified atom stereocenters. The maximum atomic E-state index is 5.98. The van der Waals surface area contributed by atoms with Crippen LogP contribution in [0.25, 0.3) is 0 Å². The molecule has 0 bridgehead atoms. The first-order chi connectivity index (χ1) is 6.61. The maximum Gasteiger partial charge on any atom is 0.135 e. The van der Waals surface area contributed by atoms with Gasteiger partial charge in [0.1, 0.15) is 5.76 Å². The molecular weight excluding hydrogens is 262 g/mol. The van der Waals surface area contributed by atoms with Gasteiger partial charge in [0, 0.05) is 5.75 Å². The monoisotopic (exact) mass is 277 g/mol. The number of halogens is 1. The SMILES string of the molecule is CC(C)CSCC(N)c1occc1Br. The summed E-state index contributed by atoms with van der Waals surface area (Å²) in [7, 11) is 0. The molecule has 0 amide bonds. The maximum absolute atomic E-state index is 5.98. The van der Waals surface area contributed by atoms with Crippen LogP contribution in [0.1, 0.15) is 25.6 Å². The molecule has 1 heterocycles. The molecule has 2 nitrogen and oxygen atoms in total. The fourth-order valence-electron chi connectivity index (χ4n) is 1.08. The van der Waals surface area contributed by atoms with E-state index in [0.29, 0.717) is 5.92 Å². The lowest BCUT2D eigenvalue weighted by molar-refractivity contribution is 0.480. The van der Waals surface area contributed by atoms with Gasteiger partial charge in [-0.2, -0.15) is 11.8 Å². The lowest BCUT2D eigenvalue weighted by Gasteiger charge is -2.10. The first-order valence-corrected chi connectivity index (χ1v) is 6.62. The van der Waals surface area contributed by atoms with E-state index in [1.807, 2.05) is 17.8 Å². The van der Waals surface area contributed by atoms with E-state index in [4.69, 9.17) is 10.2 Å². The lowest BCUT2D eigenvalue weighted by atomic mass is 10.3. The van der Waals surface area contributed by atoms with Gasteiger partial charge in [0.15, 0.2) is 0 Å². The number of thioether (sulfide) groups is 1. The molecule has 0 aliphatic heterocycles. The Hall–Kier alpha value is 0.0700. The second kappa shape index (κ2) is 5.83. The average molecular weight is 278 g/mol. The highest BCUT2D eigenvalue weighted by atomic mass is 79.9. The summed E-state index contributed by atoms with van der Waals surface area (Å²) in [6.45, 7) is 4.42. The van der Waals surface area contributed by atoms with Crippen LogP contribution in [0, 0.1) is 5.92 Å². The summed E-state index contributed by atoms with van der Waals surface area (Å²) in [4.78, 5) is 0. The zero-order chi connectivity index (χ0) is 10.6. The van der Waals surface area contributed by atoms with Crippen molar-refractivity contribution < 1.29 is 4.42 Å². The Morgan fingerprint density at radius 2 is 2.21 bits per heavy atom. The van der Waals surface area contributed by atoms with E-state index in [-0.39, 0.29) is 6.04 Å². The van der Waals surface area contributed by atoms with E-state index in [1.165, 1.54) is 0 Å². The van der Waals surface area contributed by atoms with Gasteiger partial charge >= 0.3 is 0 Å². The van der Waals surface area contributed by atoms with Crippen LogP contribution >= 0.6 is 27.7 Å². The molecule has 2 N–H and O–H groups in total. The van der Waals surface area contributed by atoms with Crippen molar-refractivity contribution in [3.63, 3.8) is 0 Å². The lowest BCUT2D eigenvalue weighted by Crippen LogP contribution is -2.13. The molecule has 0 aromatic carbocycles. The molecule has 1 aromatic heterocycles. The van der Waals surface area contributed by atoms with E-state index >= 15 is 0 Å². The molecule has 1 aromatic rings. The molecule has 0 saturated carbocycles. The van der Waals surface area contributed by atoms with Crippen molar-refractivity contribution in [2.75, 3.05) is 11.5 Å². The first-order valence-electron chi connectivity index (χ1n) is 4.67. The number of hydrogen-bond acceptors (Lipinski definition) is 3. The van der Waals surface area contributed by atoms with Crippen LogP contribution in [-0.2, 0) is 0 Å². The van der Waals surface area contributed by atoms with Gasteiger partial charge in [-0.1, -0.05) is 13.8 Å². The van der Waals surface area contributed by atoms with E-state index in [2.05, 4.69) is 29.8 Å². The number of rotatable bonds is 5. The average Bonchev–Trinajstić information content (AvgIpc) is 2.50.